The molecule has 0 bridgehead atoms. The molecular formula is C18H17N3O3S. The first-order valence-corrected chi connectivity index (χ1v) is 8.33. The first-order chi connectivity index (χ1) is 12.2. The van der Waals surface area contributed by atoms with Crippen LogP contribution >= 0.6 is 11.8 Å². The molecule has 0 unspecified atom stereocenters. The molecular weight excluding hydrogens is 338 g/mol. The summed E-state index contributed by atoms with van der Waals surface area (Å²) in [6.45, 7) is 0. The van der Waals surface area contributed by atoms with E-state index in [1.165, 1.54) is 11.8 Å². The smallest absolute Gasteiger partial charge is 0.264 e. The monoisotopic (exact) mass is 355 g/mol. The Bertz CT molecular complexity index is 835. The third-order valence-corrected chi connectivity index (χ3v) is 4.35. The molecule has 0 atom stereocenters. The van der Waals surface area contributed by atoms with Gasteiger partial charge < -0.3 is 9.47 Å². The van der Waals surface area contributed by atoms with Gasteiger partial charge in [0.05, 0.1) is 24.8 Å². The fraction of sp³-hybridized carbons (Fsp3) is 0.111. The van der Waals surface area contributed by atoms with E-state index in [-0.39, 0.29) is 5.91 Å². The predicted octanol–water partition coefficient (Wildman–Crippen LogP) is 3.29. The number of nitrogens with zero attached hydrogens (tertiary/aromatic N) is 1. The van der Waals surface area contributed by atoms with E-state index < -0.39 is 0 Å². The number of anilines is 1. The van der Waals surface area contributed by atoms with Crippen molar-refractivity contribution in [2.24, 2.45) is 5.10 Å². The topological polar surface area (TPSA) is 72.0 Å². The molecule has 0 aliphatic carbocycles. The second-order valence-corrected chi connectivity index (χ2v) is 6.10. The van der Waals surface area contributed by atoms with Crippen LogP contribution in [0.2, 0.25) is 0 Å². The van der Waals surface area contributed by atoms with Gasteiger partial charge in [-0.3, -0.25) is 15.5 Å². The van der Waals surface area contributed by atoms with Crippen molar-refractivity contribution in [2.45, 2.75) is 0 Å². The van der Waals surface area contributed by atoms with Gasteiger partial charge in [-0.2, -0.15) is 0 Å². The molecule has 2 aromatic rings. The largest absolute Gasteiger partial charge is 0.497 e. The number of thioether (sulfide) groups is 1. The fourth-order valence-corrected chi connectivity index (χ4v) is 2.96. The van der Waals surface area contributed by atoms with Crippen LogP contribution in [-0.2, 0) is 4.79 Å². The molecule has 1 fully saturated rings. The van der Waals surface area contributed by atoms with E-state index in [2.05, 4.69) is 15.8 Å². The minimum Gasteiger partial charge on any atom is -0.497 e. The number of rotatable bonds is 5. The average Bonchev–Trinajstić information content (AvgIpc) is 3.00. The molecule has 1 amide bonds. The zero-order chi connectivity index (χ0) is 17.6. The SMILES string of the molecule is COc1ccc(/C=C2\S/C(=N\Nc3ccccc3)NC2=O)c(OC)c1. The standard InChI is InChI=1S/C18H17N3O3S/c1-23-14-9-8-12(15(11-14)24-2)10-16-17(22)19-18(25-16)21-20-13-6-4-3-5-7-13/h3-11,20H,1-2H3,(H,19,21,22)/b16-10-. The quantitative estimate of drug-likeness (QED) is 0.636. The second kappa shape index (κ2) is 7.76. The van der Waals surface area contributed by atoms with Crippen molar-refractivity contribution in [3.63, 3.8) is 0 Å². The molecule has 1 aliphatic heterocycles. The zero-order valence-electron chi connectivity index (χ0n) is 13.8. The van der Waals surface area contributed by atoms with Crippen molar-refractivity contribution in [3.8, 4) is 11.5 Å². The van der Waals surface area contributed by atoms with Gasteiger partial charge in [-0.15, -0.1) is 5.10 Å². The molecule has 3 rings (SSSR count). The summed E-state index contributed by atoms with van der Waals surface area (Å²) in [4.78, 5) is 12.7. The molecule has 25 heavy (non-hydrogen) atoms. The van der Waals surface area contributed by atoms with Crippen molar-refractivity contribution in [3.05, 3.63) is 59.0 Å². The van der Waals surface area contributed by atoms with Crippen LogP contribution in [0.3, 0.4) is 0 Å². The van der Waals surface area contributed by atoms with E-state index >= 15 is 0 Å². The molecule has 1 saturated heterocycles. The normalized spacial score (nSPS) is 16.8. The molecule has 0 radical (unpaired) electrons. The Balaban J connectivity index is 1.77. The molecule has 1 heterocycles. The minimum absolute atomic E-state index is 0.198. The van der Waals surface area contributed by atoms with Gasteiger partial charge in [0.2, 0.25) is 0 Å². The van der Waals surface area contributed by atoms with Gasteiger partial charge in [0.25, 0.3) is 5.91 Å². The lowest BCUT2D eigenvalue weighted by molar-refractivity contribution is -0.115. The lowest BCUT2D eigenvalue weighted by atomic mass is 10.1. The summed E-state index contributed by atoms with van der Waals surface area (Å²) in [7, 11) is 3.17. The van der Waals surface area contributed by atoms with Gasteiger partial charge in [0.15, 0.2) is 5.17 Å². The number of hydrazone groups is 1. The second-order valence-electron chi connectivity index (χ2n) is 5.07. The van der Waals surface area contributed by atoms with Crippen LogP contribution in [0.5, 0.6) is 11.5 Å². The highest BCUT2D eigenvalue weighted by Crippen LogP contribution is 2.31. The lowest BCUT2D eigenvalue weighted by Crippen LogP contribution is -2.20. The van der Waals surface area contributed by atoms with E-state index in [0.29, 0.717) is 21.6 Å². The van der Waals surface area contributed by atoms with Crippen LogP contribution in [0.4, 0.5) is 5.69 Å². The number of hydrogen-bond acceptors (Lipinski definition) is 6. The summed E-state index contributed by atoms with van der Waals surface area (Å²) in [5.74, 6) is 1.13. The lowest BCUT2D eigenvalue weighted by Gasteiger charge is -2.07. The number of ether oxygens (including phenoxy) is 2. The Kier molecular flexibility index (Phi) is 5.25. The number of carbonyl (C=O) groups excluding carboxylic acids is 1. The molecule has 1 aliphatic rings. The van der Waals surface area contributed by atoms with Crippen LogP contribution in [0.25, 0.3) is 6.08 Å². The zero-order valence-corrected chi connectivity index (χ0v) is 14.6. The summed E-state index contributed by atoms with van der Waals surface area (Å²) in [6, 6.07) is 15.0. The number of para-hydroxylation sites is 1. The Morgan fingerprint density at radius 2 is 1.92 bits per heavy atom. The van der Waals surface area contributed by atoms with Crippen molar-refractivity contribution >= 4 is 34.6 Å². The Hall–Kier alpha value is -2.93. The highest BCUT2D eigenvalue weighted by Gasteiger charge is 2.24. The van der Waals surface area contributed by atoms with Crippen molar-refractivity contribution in [1.29, 1.82) is 0 Å². The number of nitrogens with one attached hydrogen (secondary N) is 2. The Morgan fingerprint density at radius 3 is 2.64 bits per heavy atom. The van der Waals surface area contributed by atoms with E-state index in [0.717, 1.165) is 11.3 Å². The van der Waals surface area contributed by atoms with Gasteiger partial charge >= 0.3 is 0 Å². The molecule has 2 aromatic carbocycles. The maximum Gasteiger partial charge on any atom is 0.264 e. The van der Waals surface area contributed by atoms with Crippen LogP contribution in [-0.4, -0.2) is 25.3 Å². The van der Waals surface area contributed by atoms with E-state index in [1.54, 1.807) is 26.4 Å². The third kappa shape index (κ3) is 4.13. The molecule has 0 saturated carbocycles. The van der Waals surface area contributed by atoms with Gasteiger partial charge in [-0.1, -0.05) is 18.2 Å². The van der Waals surface area contributed by atoms with Crippen molar-refractivity contribution < 1.29 is 14.3 Å². The summed E-state index contributed by atoms with van der Waals surface area (Å²) in [6.07, 6.45) is 1.77. The fourth-order valence-electron chi connectivity index (χ4n) is 2.19. The number of amides is 1. The van der Waals surface area contributed by atoms with Crippen molar-refractivity contribution in [1.82, 2.24) is 5.32 Å². The molecule has 2 N–H and O–H groups in total. The summed E-state index contributed by atoms with van der Waals surface area (Å²) in [5, 5.41) is 7.44. The minimum atomic E-state index is -0.198. The molecule has 7 heteroatoms. The van der Waals surface area contributed by atoms with Crippen LogP contribution < -0.4 is 20.2 Å². The van der Waals surface area contributed by atoms with E-state index in [1.807, 2.05) is 42.5 Å². The summed E-state index contributed by atoms with van der Waals surface area (Å²) in [5.41, 5.74) is 4.55. The average molecular weight is 355 g/mol. The highest BCUT2D eigenvalue weighted by atomic mass is 32.2. The maximum absolute atomic E-state index is 12.1. The predicted molar refractivity (Wildman–Crippen MR) is 101 cm³/mol. The molecule has 0 spiro atoms. The van der Waals surface area contributed by atoms with Gasteiger partial charge in [-0.05, 0) is 42.1 Å². The third-order valence-electron chi connectivity index (χ3n) is 3.44. The summed E-state index contributed by atoms with van der Waals surface area (Å²) < 4.78 is 10.5. The van der Waals surface area contributed by atoms with E-state index in [4.69, 9.17) is 9.47 Å². The number of carbonyl (C=O) groups is 1. The van der Waals surface area contributed by atoms with E-state index in [9.17, 15) is 4.79 Å². The van der Waals surface area contributed by atoms with Gasteiger partial charge in [0, 0.05) is 11.6 Å². The molecule has 6 nitrogen and oxygen atoms in total. The van der Waals surface area contributed by atoms with Gasteiger partial charge in [0.1, 0.15) is 11.5 Å². The van der Waals surface area contributed by atoms with Crippen molar-refractivity contribution in [2.75, 3.05) is 19.6 Å². The number of hydrogen-bond donors (Lipinski definition) is 2. The number of benzene rings is 2. The molecule has 128 valence electrons. The van der Waals surface area contributed by atoms with Crippen LogP contribution in [0.1, 0.15) is 5.56 Å². The number of amidine groups is 1. The van der Waals surface area contributed by atoms with Crippen LogP contribution in [0, 0.1) is 0 Å². The maximum atomic E-state index is 12.1. The van der Waals surface area contributed by atoms with Gasteiger partial charge in [-0.25, -0.2) is 0 Å². The highest BCUT2D eigenvalue weighted by molar-refractivity contribution is 8.18. The molecule has 0 aromatic heterocycles. The first-order valence-electron chi connectivity index (χ1n) is 7.51. The summed E-state index contributed by atoms with van der Waals surface area (Å²) >= 11 is 1.26. The number of methoxy groups -OCH3 is 2. The van der Waals surface area contributed by atoms with Crippen LogP contribution in [0.15, 0.2) is 58.5 Å². The Labute approximate surface area is 149 Å². The Morgan fingerprint density at radius 1 is 1.12 bits per heavy atom. The first kappa shape index (κ1) is 16.9.